The van der Waals surface area contributed by atoms with Crippen LogP contribution in [0, 0.1) is 11.8 Å². The molecule has 4 nitrogen and oxygen atoms in total. The lowest BCUT2D eigenvalue weighted by molar-refractivity contribution is -0.163. The smallest absolute Gasteiger partial charge is 0.309 e. The van der Waals surface area contributed by atoms with Gasteiger partial charge in [-0.25, -0.2) is 0 Å². The van der Waals surface area contributed by atoms with Crippen molar-refractivity contribution in [2.75, 3.05) is 13.2 Å². The molecule has 0 bridgehead atoms. The van der Waals surface area contributed by atoms with Crippen molar-refractivity contribution in [2.45, 2.75) is 65.2 Å². The molecule has 0 saturated heterocycles. The molecule has 0 aliphatic heterocycles. The van der Waals surface area contributed by atoms with Gasteiger partial charge in [-0.3, -0.25) is 9.59 Å². The van der Waals surface area contributed by atoms with Crippen molar-refractivity contribution in [1.29, 1.82) is 0 Å². The van der Waals surface area contributed by atoms with E-state index in [-0.39, 0.29) is 23.8 Å². The minimum atomic E-state index is -0.297. The molecule has 0 heterocycles. The van der Waals surface area contributed by atoms with E-state index < -0.39 is 0 Å². The Morgan fingerprint density at radius 1 is 0.850 bits per heavy atom. The van der Waals surface area contributed by atoms with Gasteiger partial charge < -0.3 is 9.47 Å². The monoisotopic (exact) mass is 284 g/mol. The predicted molar refractivity (Wildman–Crippen MR) is 77.2 cm³/mol. The van der Waals surface area contributed by atoms with Gasteiger partial charge in [0.15, 0.2) is 0 Å². The number of unbranched alkanes of at least 4 members (excludes halogenated alkanes) is 2. The van der Waals surface area contributed by atoms with Crippen LogP contribution < -0.4 is 0 Å². The Balaban J connectivity index is 2.48. The highest BCUT2D eigenvalue weighted by Crippen LogP contribution is 2.32. The van der Waals surface area contributed by atoms with E-state index in [1.807, 2.05) is 0 Å². The van der Waals surface area contributed by atoms with Crippen molar-refractivity contribution in [1.82, 2.24) is 0 Å². The average Bonchev–Trinajstić information content (AvgIpc) is 2.47. The van der Waals surface area contributed by atoms with Crippen molar-refractivity contribution in [3.05, 3.63) is 0 Å². The summed E-state index contributed by atoms with van der Waals surface area (Å²) >= 11 is 0. The largest absolute Gasteiger partial charge is 0.465 e. The zero-order chi connectivity index (χ0) is 14.8. The fourth-order valence-electron chi connectivity index (χ4n) is 2.54. The van der Waals surface area contributed by atoms with E-state index in [1.165, 1.54) is 0 Å². The molecule has 0 aromatic heterocycles. The summed E-state index contributed by atoms with van der Waals surface area (Å²) < 4.78 is 10.6. The molecular formula is C16H28O4. The fourth-order valence-corrected chi connectivity index (χ4v) is 2.54. The van der Waals surface area contributed by atoms with Gasteiger partial charge in [0.2, 0.25) is 0 Å². The quantitative estimate of drug-likeness (QED) is 0.506. The third kappa shape index (κ3) is 5.51. The summed E-state index contributed by atoms with van der Waals surface area (Å²) in [5.41, 5.74) is 0. The average molecular weight is 284 g/mol. The topological polar surface area (TPSA) is 52.6 Å². The maximum absolute atomic E-state index is 12.1. The van der Waals surface area contributed by atoms with Crippen LogP contribution in [-0.2, 0) is 19.1 Å². The summed E-state index contributed by atoms with van der Waals surface area (Å²) in [6, 6.07) is 0. The molecule has 0 unspecified atom stereocenters. The normalized spacial score (nSPS) is 22.3. The number of carbonyl (C=O) groups is 2. The minimum Gasteiger partial charge on any atom is -0.465 e. The molecule has 2 atom stereocenters. The van der Waals surface area contributed by atoms with Crippen molar-refractivity contribution >= 4 is 11.9 Å². The number of rotatable bonds is 8. The molecule has 0 radical (unpaired) electrons. The van der Waals surface area contributed by atoms with Crippen LogP contribution in [0.4, 0.5) is 0 Å². The Morgan fingerprint density at radius 2 is 1.25 bits per heavy atom. The summed E-state index contributed by atoms with van der Waals surface area (Å²) in [5, 5.41) is 0. The molecule has 1 fully saturated rings. The van der Waals surface area contributed by atoms with E-state index in [0.717, 1.165) is 51.4 Å². The lowest BCUT2D eigenvalue weighted by atomic mass is 9.79. The van der Waals surface area contributed by atoms with Gasteiger partial charge in [-0.2, -0.15) is 0 Å². The first kappa shape index (κ1) is 17.0. The van der Waals surface area contributed by atoms with Gasteiger partial charge in [-0.05, 0) is 25.7 Å². The molecule has 20 heavy (non-hydrogen) atoms. The highest BCUT2D eigenvalue weighted by molar-refractivity contribution is 5.82. The molecule has 1 saturated carbocycles. The molecule has 0 amide bonds. The Bertz CT molecular complexity index is 271. The van der Waals surface area contributed by atoms with E-state index in [2.05, 4.69) is 13.8 Å². The first-order chi connectivity index (χ1) is 9.70. The summed E-state index contributed by atoms with van der Waals surface area (Å²) in [6.45, 7) is 5.04. The lowest BCUT2D eigenvalue weighted by Crippen LogP contribution is -2.35. The number of carbonyl (C=O) groups excluding carboxylic acids is 2. The van der Waals surface area contributed by atoms with Crippen LogP contribution >= 0.6 is 0 Å². The highest BCUT2D eigenvalue weighted by atomic mass is 16.5. The second-order valence-corrected chi connectivity index (χ2v) is 5.54. The fraction of sp³-hybridized carbons (Fsp3) is 0.875. The Hall–Kier alpha value is -1.06. The van der Waals surface area contributed by atoms with Gasteiger partial charge in [-0.15, -0.1) is 0 Å². The van der Waals surface area contributed by atoms with Crippen LogP contribution in [-0.4, -0.2) is 25.2 Å². The van der Waals surface area contributed by atoms with Gasteiger partial charge in [-0.1, -0.05) is 39.5 Å². The predicted octanol–water partition coefficient (Wildman–Crippen LogP) is 3.48. The number of hydrogen-bond acceptors (Lipinski definition) is 4. The van der Waals surface area contributed by atoms with Crippen molar-refractivity contribution < 1.29 is 19.1 Å². The van der Waals surface area contributed by atoms with Crippen LogP contribution in [0.3, 0.4) is 0 Å². The minimum absolute atomic E-state index is 0.212. The summed E-state index contributed by atoms with van der Waals surface area (Å²) in [5.74, 6) is -1.02. The Morgan fingerprint density at radius 3 is 1.60 bits per heavy atom. The lowest BCUT2D eigenvalue weighted by Gasteiger charge is -2.28. The van der Waals surface area contributed by atoms with Crippen LogP contribution in [0.25, 0.3) is 0 Å². The molecule has 4 heteroatoms. The molecule has 116 valence electrons. The maximum atomic E-state index is 12.1. The van der Waals surface area contributed by atoms with Gasteiger partial charge in [0, 0.05) is 0 Å². The third-order valence-electron chi connectivity index (χ3n) is 3.86. The van der Waals surface area contributed by atoms with E-state index >= 15 is 0 Å². The first-order valence-electron chi connectivity index (χ1n) is 8.04. The van der Waals surface area contributed by atoms with Gasteiger partial charge in [0.25, 0.3) is 0 Å². The zero-order valence-electron chi connectivity index (χ0n) is 12.9. The number of esters is 2. The molecular weight excluding hydrogens is 256 g/mol. The standard InChI is InChI=1S/C16H28O4/c1-3-5-11-19-15(17)13-9-7-8-10-14(13)16(18)20-12-6-4-2/h13-14H,3-12H2,1-2H3/t13-,14-/m1/s1. The van der Waals surface area contributed by atoms with Gasteiger partial charge in [0.1, 0.15) is 0 Å². The van der Waals surface area contributed by atoms with Crippen molar-refractivity contribution in [3.8, 4) is 0 Å². The zero-order valence-corrected chi connectivity index (χ0v) is 12.9. The molecule has 0 aromatic carbocycles. The van der Waals surface area contributed by atoms with E-state index in [1.54, 1.807) is 0 Å². The molecule has 0 spiro atoms. The maximum Gasteiger partial charge on any atom is 0.309 e. The van der Waals surface area contributed by atoms with Crippen molar-refractivity contribution in [2.24, 2.45) is 11.8 Å². The summed E-state index contributed by atoms with van der Waals surface area (Å²) in [4.78, 5) is 24.2. The molecule has 1 aliphatic carbocycles. The summed E-state index contributed by atoms with van der Waals surface area (Å²) in [7, 11) is 0. The molecule has 1 rings (SSSR count). The number of hydrogen-bond donors (Lipinski definition) is 0. The SMILES string of the molecule is CCCCOC(=O)[C@@H]1CCCC[C@H]1C(=O)OCCCC. The van der Waals surface area contributed by atoms with Crippen LogP contribution in [0.5, 0.6) is 0 Å². The van der Waals surface area contributed by atoms with Gasteiger partial charge >= 0.3 is 11.9 Å². The van der Waals surface area contributed by atoms with E-state index in [4.69, 9.17) is 9.47 Å². The first-order valence-corrected chi connectivity index (χ1v) is 8.04. The second kappa shape index (κ2) is 9.78. The Labute approximate surface area is 122 Å². The van der Waals surface area contributed by atoms with Gasteiger partial charge in [0.05, 0.1) is 25.0 Å². The van der Waals surface area contributed by atoms with Crippen molar-refractivity contribution in [3.63, 3.8) is 0 Å². The second-order valence-electron chi connectivity index (χ2n) is 5.54. The Kier molecular flexibility index (Phi) is 8.31. The van der Waals surface area contributed by atoms with E-state index in [9.17, 15) is 9.59 Å². The molecule has 0 aromatic rings. The van der Waals surface area contributed by atoms with Crippen LogP contribution in [0.1, 0.15) is 65.2 Å². The third-order valence-corrected chi connectivity index (χ3v) is 3.86. The van der Waals surface area contributed by atoms with Crippen LogP contribution in [0.15, 0.2) is 0 Å². The molecule has 1 aliphatic rings. The van der Waals surface area contributed by atoms with Crippen LogP contribution in [0.2, 0.25) is 0 Å². The number of ether oxygens (including phenoxy) is 2. The van der Waals surface area contributed by atoms with E-state index in [0.29, 0.717) is 13.2 Å². The highest BCUT2D eigenvalue weighted by Gasteiger charge is 2.37. The summed E-state index contributed by atoms with van der Waals surface area (Å²) in [6.07, 6.45) is 7.24. The molecule has 0 N–H and O–H groups in total.